The van der Waals surface area contributed by atoms with Gasteiger partial charge in [0.2, 0.25) is 12.5 Å². The maximum absolute atomic E-state index is 12.1. The van der Waals surface area contributed by atoms with E-state index in [2.05, 4.69) is 0 Å². The molecule has 0 aliphatic carbocycles. The topological polar surface area (TPSA) is 107 Å². The van der Waals surface area contributed by atoms with Crippen molar-refractivity contribution in [3.8, 4) is 28.7 Å². The molecule has 0 fully saturated rings. The minimum atomic E-state index is -1.22. The van der Waals surface area contributed by atoms with Gasteiger partial charge in [-0.25, -0.2) is 4.79 Å². The average Bonchev–Trinajstić information content (AvgIpc) is 3.24. The molecular weight excluding hydrogens is 406 g/mol. The summed E-state index contributed by atoms with van der Waals surface area (Å²) in [5.74, 6) is 0.682. The van der Waals surface area contributed by atoms with E-state index in [4.69, 9.17) is 23.7 Å². The number of aliphatic hydroxyl groups is 1. The van der Waals surface area contributed by atoms with E-state index in [-0.39, 0.29) is 29.4 Å². The first-order valence-electron chi connectivity index (χ1n) is 9.78. The lowest BCUT2D eigenvalue weighted by Gasteiger charge is -2.39. The van der Waals surface area contributed by atoms with E-state index in [1.807, 2.05) is 18.0 Å². The van der Waals surface area contributed by atoms with Crippen molar-refractivity contribution in [1.82, 2.24) is 4.90 Å². The van der Waals surface area contributed by atoms with Gasteiger partial charge in [0, 0.05) is 17.7 Å². The molecule has 0 spiro atoms. The average molecular weight is 431 g/mol. The van der Waals surface area contributed by atoms with Gasteiger partial charge in [0.1, 0.15) is 5.56 Å². The fraction of sp³-hybridized carbons (Fsp3) is 0.409. The highest BCUT2D eigenvalue weighted by Gasteiger charge is 2.40. The molecule has 0 amide bonds. The quantitative estimate of drug-likeness (QED) is 0.713. The molecule has 4 rings (SSSR count). The van der Waals surface area contributed by atoms with Crippen LogP contribution in [-0.2, 0) is 6.42 Å². The number of carboxylic acid groups (broad SMARTS) is 1. The highest BCUT2D eigenvalue weighted by Crippen LogP contribution is 2.52. The molecule has 0 saturated carbocycles. The number of hydrogen-bond donors (Lipinski definition) is 2. The second-order valence-corrected chi connectivity index (χ2v) is 7.41. The summed E-state index contributed by atoms with van der Waals surface area (Å²) in [4.78, 5) is 14.1. The molecule has 0 saturated heterocycles. The second kappa shape index (κ2) is 8.16. The van der Waals surface area contributed by atoms with Gasteiger partial charge in [0.05, 0.1) is 33.5 Å². The van der Waals surface area contributed by atoms with Crippen LogP contribution in [0, 0.1) is 0 Å². The molecule has 9 heteroatoms. The molecule has 0 radical (unpaired) electrons. The molecule has 2 aliphatic heterocycles. The summed E-state index contributed by atoms with van der Waals surface area (Å²) in [6, 6.07) is 4.46. The van der Waals surface area contributed by atoms with Crippen LogP contribution < -0.4 is 23.7 Å². The Kier molecular flexibility index (Phi) is 5.55. The Bertz CT molecular complexity index is 1020. The number of rotatable bonds is 6. The molecule has 2 aliphatic rings. The van der Waals surface area contributed by atoms with Crippen LogP contribution in [0.1, 0.15) is 39.2 Å². The zero-order valence-electron chi connectivity index (χ0n) is 17.8. The Labute approximate surface area is 179 Å². The summed E-state index contributed by atoms with van der Waals surface area (Å²) in [6.07, 6.45) is -0.469. The number of carbonyl (C=O) groups is 1. The zero-order chi connectivity index (χ0) is 22.3. The highest BCUT2D eigenvalue weighted by molar-refractivity contribution is 5.94. The van der Waals surface area contributed by atoms with Crippen molar-refractivity contribution < 1.29 is 38.7 Å². The van der Waals surface area contributed by atoms with Gasteiger partial charge in [0.15, 0.2) is 23.0 Å². The lowest BCUT2D eigenvalue weighted by atomic mass is 9.84. The van der Waals surface area contributed by atoms with Crippen molar-refractivity contribution in [2.45, 2.75) is 18.6 Å². The number of nitrogens with zero attached hydrogens (tertiary/aromatic N) is 1. The number of ether oxygens (including phenoxy) is 5. The lowest BCUT2D eigenvalue weighted by Crippen LogP contribution is -2.36. The molecule has 166 valence electrons. The largest absolute Gasteiger partial charge is 0.493 e. The Morgan fingerprint density at radius 1 is 1.16 bits per heavy atom. The lowest BCUT2D eigenvalue weighted by molar-refractivity contribution is 0.0504. The first-order valence-corrected chi connectivity index (χ1v) is 9.78. The third kappa shape index (κ3) is 3.30. The predicted molar refractivity (Wildman–Crippen MR) is 110 cm³/mol. The number of likely N-dealkylation sites (N-methyl/N-ethyl adjacent to an activating group) is 1. The van der Waals surface area contributed by atoms with Gasteiger partial charge in [-0.05, 0) is 31.2 Å². The van der Waals surface area contributed by atoms with Gasteiger partial charge in [-0.3, -0.25) is 4.90 Å². The number of carboxylic acids is 1. The monoisotopic (exact) mass is 431 g/mol. The van der Waals surface area contributed by atoms with Gasteiger partial charge in [-0.1, -0.05) is 6.07 Å². The smallest absolute Gasteiger partial charge is 0.340 e. The van der Waals surface area contributed by atoms with Crippen LogP contribution in [0.15, 0.2) is 18.2 Å². The molecule has 2 aromatic rings. The first-order chi connectivity index (χ1) is 14.9. The fourth-order valence-electron chi connectivity index (χ4n) is 4.45. The second-order valence-electron chi connectivity index (χ2n) is 7.41. The molecule has 9 nitrogen and oxygen atoms in total. The van der Waals surface area contributed by atoms with Gasteiger partial charge < -0.3 is 33.9 Å². The van der Waals surface area contributed by atoms with Crippen LogP contribution >= 0.6 is 0 Å². The minimum Gasteiger partial charge on any atom is -0.493 e. The standard InChI is InChI=1S/C22H25NO8/c1-23-8-7-11-9-14-20(31-10-30-14)21(29-4)15(11)17(23)18(24)12-5-6-13(27-2)19(28-3)16(12)22(25)26/h5-6,9,17-18,24H,7-8,10H2,1-4H3,(H,25,26)/t17?,18-/m0/s1. The summed E-state index contributed by atoms with van der Waals surface area (Å²) in [5.41, 5.74) is 1.78. The normalized spacial score (nSPS) is 18.3. The summed E-state index contributed by atoms with van der Waals surface area (Å²) in [6.45, 7) is 0.754. The molecule has 0 bridgehead atoms. The van der Waals surface area contributed by atoms with Crippen molar-refractivity contribution in [3.05, 3.63) is 40.5 Å². The van der Waals surface area contributed by atoms with Crippen LogP contribution in [0.3, 0.4) is 0 Å². The molecule has 0 aromatic heterocycles. The van der Waals surface area contributed by atoms with Crippen LogP contribution in [0.2, 0.25) is 0 Å². The zero-order valence-corrected chi connectivity index (χ0v) is 17.8. The van der Waals surface area contributed by atoms with Crippen LogP contribution in [0.5, 0.6) is 28.7 Å². The number of methoxy groups -OCH3 is 3. The summed E-state index contributed by atoms with van der Waals surface area (Å²) in [5, 5.41) is 21.4. The van der Waals surface area contributed by atoms with E-state index in [0.717, 1.165) is 17.5 Å². The Hall–Kier alpha value is -3.17. The van der Waals surface area contributed by atoms with Crippen molar-refractivity contribution in [1.29, 1.82) is 0 Å². The number of aliphatic hydroxyl groups excluding tert-OH is 1. The first kappa shape index (κ1) is 21.1. The van der Waals surface area contributed by atoms with Crippen molar-refractivity contribution in [2.75, 3.05) is 41.7 Å². The molecule has 2 atom stereocenters. The van der Waals surface area contributed by atoms with Crippen molar-refractivity contribution >= 4 is 5.97 Å². The summed E-state index contributed by atoms with van der Waals surface area (Å²) >= 11 is 0. The molecule has 31 heavy (non-hydrogen) atoms. The highest BCUT2D eigenvalue weighted by atomic mass is 16.7. The van der Waals surface area contributed by atoms with Gasteiger partial charge in [0.25, 0.3) is 0 Å². The maximum atomic E-state index is 12.1. The fourth-order valence-corrected chi connectivity index (χ4v) is 4.45. The molecule has 2 aromatic carbocycles. The third-order valence-corrected chi connectivity index (χ3v) is 5.86. The Morgan fingerprint density at radius 2 is 1.90 bits per heavy atom. The van der Waals surface area contributed by atoms with E-state index in [1.165, 1.54) is 21.3 Å². The van der Waals surface area contributed by atoms with E-state index >= 15 is 0 Å². The van der Waals surface area contributed by atoms with Crippen LogP contribution in [-0.4, -0.2) is 62.8 Å². The van der Waals surface area contributed by atoms with Crippen LogP contribution in [0.4, 0.5) is 0 Å². The summed E-state index contributed by atoms with van der Waals surface area (Å²) < 4.78 is 27.4. The third-order valence-electron chi connectivity index (χ3n) is 5.86. The SMILES string of the molecule is COc1ccc([C@H](O)C2c3c(cc4c(c3OC)OCO4)CCN2C)c(C(=O)O)c1OC. The molecule has 2 N–H and O–H groups in total. The Balaban J connectivity index is 1.90. The minimum absolute atomic E-state index is 0.0582. The van der Waals surface area contributed by atoms with E-state index in [0.29, 0.717) is 23.8 Å². The van der Waals surface area contributed by atoms with Crippen LogP contribution in [0.25, 0.3) is 0 Å². The summed E-state index contributed by atoms with van der Waals surface area (Å²) in [7, 11) is 6.21. The number of fused-ring (bicyclic) bond motifs is 2. The number of aromatic carboxylic acids is 1. The van der Waals surface area contributed by atoms with E-state index in [1.54, 1.807) is 12.1 Å². The van der Waals surface area contributed by atoms with Gasteiger partial charge in [-0.2, -0.15) is 0 Å². The number of benzene rings is 2. The van der Waals surface area contributed by atoms with E-state index in [9.17, 15) is 15.0 Å². The van der Waals surface area contributed by atoms with Crippen molar-refractivity contribution in [2.24, 2.45) is 0 Å². The van der Waals surface area contributed by atoms with E-state index < -0.39 is 18.1 Å². The predicted octanol–water partition coefficient (Wildman–Crippen LogP) is 2.40. The molecule has 1 unspecified atom stereocenters. The van der Waals surface area contributed by atoms with Crippen molar-refractivity contribution in [3.63, 3.8) is 0 Å². The maximum Gasteiger partial charge on any atom is 0.340 e. The van der Waals surface area contributed by atoms with Gasteiger partial charge >= 0.3 is 5.97 Å². The Morgan fingerprint density at radius 3 is 2.55 bits per heavy atom. The number of hydrogen-bond acceptors (Lipinski definition) is 8. The molecular formula is C22H25NO8. The molecule has 2 heterocycles. The van der Waals surface area contributed by atoms with Gasteiger partial charge in [-0.15, -0.1) is 0 Å².